The topological polar surface area (TPSA) is 66.5 Å². The average Bonchev–Trinajstić information content (AvgIpc) is 2.49. The highest BCUT2D eigenvalue weighted by Crippen LogP contribution is 2.33. The Bertz CT molecular complexity index is 872. The monoisotopic (exact) mass is 406 g/mol. The van der Waals surface area contributed by atoms with E-state index < -0.39 is 22.5 Å². The number of carbonyl (C=O) groups excluding carboxylic acids is 1. The van der Waals surface area contributed by atoms with E-state index in [9.17, 15) is 13.2 Å². The van der Waals surface area contributed by atoms with Crippen LogP contribution < -0.4 is 9.62 Å². The van der Waals surface area contributed by atoms with Gasteiger partial charge in [-0.25, -0.2) is 8.42 Å². The summed E-state index contributed by atoms with van der Waals surface area (Å²) in [6.45, 7) is -0.468. The molecular formula is C15H13Cl3N2O3S. The summed E-state index contributed by atoms with van der Waals surface area (Å²) >= 11 is 18.0. The molecule has 0 saturated heterocycles. The molecule has 2 rings (SSSR count). The highest BCUT2D eigenvalue weighted by Gasteiger charge is 2.24. The van der Waals surface area contributed by atoms with Gasteiger partial charge < -0.3 is 5.32 Å². The van der Waals surface area contributed by atoms with E-state index in [0.717, 1.165) is 10.6 Å². The second-order valence-electron chi connectivity index (χ2n) is 4.87. The van der Waals surface area contributed by atoms with Gasteiger partial charge in [0.25, 0.3) is 0 Å². The number of sulfonamides is 1. The molecule has 0 saturated carbocycles. The van der Waals surface area contributed by atoms with Crippen molar-refractivity contribution >= 4 is 62.1 Å². The van der Waals surface area contributed by atoms with E-state index in [2.05, 4.69) is 5.32 Å². The molecule has 0 fully saturated rings. The first-order valence-electron chi connectivity index (χ1n) is 6.66. The summed E-state index contributed by atoms with van der Waals surface area (Å²) in [6.07, 6.45) is 0.979. The zero-order chi connectivity index (χ0) is 17.9. The summed E-state index contributed by atoms with van der Waals surface area (Å²) in [5, 5.41) is 3.15. The fourth-order valence-electron chi connectivity index (χ4n) is 1.95. The Labute approximate surface area is 155 Å². The lowest BCUT2D eigenvalue weighted by Crippen LogP contribution is -2.37. The second-order valence-corrected chi connectivity index (χ2v) is 7.97. The van der Waals surface area contributed by atoms with Crippen LogP contribution in [0.3, 0.4) is 0 Å². The molecule has 128 valence electrons. The molecule has 2 aromatic rings. The van der Waals surface area contributed by atoms with Crippen LogP contribution in [0.4, 0.5) is 11.4 Å². The predicted molar refractivity (Wildman–Crippen MR) is 98.7 cm³/mol. The first kappa shape index (κ1) is 18.9. The third-order valence-corrected chi connectivity index (χ3v) is 5.30. The largest absolute Gasteiger partial charge is 0.323 e. The summed E-state index contributed by atoms with van der Waals surface area (Å²) in [4.78, 5) is 12.2. The molecule has 0 spiro atoms. The first-order chi connectivity index (χ1) is 11.2. The second kappa shape index (κ2) is 7.61. The minimum atomic E-state index is -3.76. The number of anilines is 2. The van der Waals surface area contributed by atoms with Crippen molar-refractivity contribution < 1.29 is 13.2 Å². The Morgan fingerprint density at radius 1 is 1.04 bits per heavy atom. The van der Waals surface area contributed by atoms with Crippen LogP contribution in [-0.2, 0) is 14.8 Å². The number of amides is 1. The maximum Gasteiger partial charge on any atom is 0.245 e. The number of nitrogens with one attached hydrogen (secondary N) is 1. The van der Waals surface area contributed by atoms with Gasteiger partial charge in [0.2, 0.25) is 15.9 Å². The van der Waals surface area contributed by atoms with Gasteiger partial charge in [-0.3, -0.25) is 9.10 Å². The molecule has 0 bridgehead atoms. The SMILES string of the molecule is CS(=O)(=O)N(CC(=O)Nc1ccccc1Cl)c1cccc(Cl)c1Cl. The average molecular weight is 408 g/mol. The molecule has 9 heteroatoms. The Morgan fingerprint density at radius 2 is 1.67 bits per heavy atom. The van der Waals surface area contributed by atoms with Gasteiger partial charge >= 0.3 is 0 Å². The minimum Gasteiger partial charge on any atom is -0.323 e. The van der Waals surface area contributed by atoms with E-state index >= 15 is 0 Å². The summed E-state index contributed by atoms with van der Waals surface area (Å²) in [6, 6.07) is 11.2. The van der Waals surface area contributed by atoms with Gasteiger partial charge in [0.1, 0.15) is 6.54 Å². The first-order valence-corrected chi connectivity index (χ1v) is 9.64. The van der Waals surface area contributed by atoms with Crippen molar-refractivity contribution in [2.24, 2.45) is 0 Å². The lowest BCUT2D eigenvalue weighted by Gasteiger charge is -2.23. The highest BCUT2D eigenvalue weighted by atomic mass is 35.5. The van der Waals surface area contributed by atoms with Gasteiger partial charge in [-0.2, -0.15) is 0 Å². The van der Waals surface area contributed by atoms with Crippen LogP contribution in [0, 0.1) is 0 Å². The molecule has 0 unspecified atom stereocenters. The summed E-state index contributed by atoms with van der Waals surface area (Å²) in [5.74, 6) is -0.565. The summed E-state index contributed by atoms with van der Waals surface area (Å²) in [5.41, 5.74) is 0.510. The Kier molecular flexibility index (Phi) is 5.98. The van der Waals surface area contributed by atoms with Gasteiger partial charge in [0.05, 0.1) is 32.7 Å². The quantitative estimate of drug-likeness (QED) is 0.813. The lowest BCUT2D eigenvalue weighted by atomic mass is 10.3. The Hall–Kier alpha value is -1.47. The van der Waals surface area contributed by atoms with Crippen molar-refractivity contribution in [2.75, 3.05) is 22.4 Å². The van der Waals surface area contributed by atoms with E-state index in [1.165, 1.54) is 12.1 Å². The van der Waals surface area contributed by atoms with Crippen LogP contribution in [0.1, 0.15) is 0 Å². The number of nitrogens with zero attached hydrogens (tertiary/aromatic N) is 1. The van der Waals surface area contributed by atoms with Gasteiger partial charge in [0.15, 0.2) is 0 Å². The molecule has 2 aromatic carbocycles. The molecule has 0 aliphatic heterocycles. The number of halogens is 3. The molecular weight excluding hydrogens is 395 g/mol. The van der Waals surface area contributed by atoms with Gasteiger partial charge in [-0.15, -0.1) is 0 Å². The van der Waals surface area contributed by atoms with Gasteiger partial charge in [0, 0.05) is 0 Å². The standard InChI is InChI=1S/C15H13Cl3N2O3S/c1-24(22,23)20(13-8-4-6-11(17)15(13)18)9-14(21)19-12-7-3-2-5-10(12)16/h2-8H,9H2,1H3,(H,19,21). The van der Waals surface area contributed by atoms with E-state index in [1.807, 2.05) is 0 Å². The molecule has 1 amide bonds. The van der Waals surface area contributed by atoms with Crippen molar-refractivity contribution in [1.82, 2.24) is 0 Å². The number of benzene rings is 2. The van der Waals surface area contributed by atoms with Gasteiger partial charge in [-0.05, 0) is 24.3 Å². The molecule has 24 heavy (non-hydrogen) atoms. The number of carbonyl (C=O) groups is 1. The maximum absolute atomic E-state index is 12.2. The summed E-state index contributed by atoms with van der Waals surface area (Å²) < 4.78 is 25.0. The van der Waals surface area contributed by atoms with Crippen LogP contribution in [0.15, 0.2) is 42.5 Å². The number of para-hydroxylation sites is 1. The van der Waals surface area contributed by atoms with Crippen LogP contribution in [0.5, 0.6) is 0 Å². The van der Waals surface area contributed by atoms with E-state index in [1.54, 1.807) is 30.3 Å². The minimum absolute atomic E-state index is 0.0511. The van der Waals surface area contributed by atoms with Crippen molar-refractivity contribution in [2.45, 2.75) is 0 Å². The molecule has 1 N–H and O–H groups in total. The van der Waals surface area contributed by atoms with Crippen molar-refractivity contribution in [3.63, 3.8) is 0 Å². The van der Waals surface area contributed by atoms with Crippen LogP contribution >= 0.6 is 34.8 Å². The van der Waals surface area contributed by atoms with Crippen molar-refractivity contribution in [3.05, 3.63) is 57.5 Å². The van der Waals surface area contributed by atoms with Gasteiger partial charge in [-0.1, -0.05) is 53.0 Å². The van der Waals surface area contributed by atoms with E-state index in [4.69, 9.17) is 34.8 Å². The normalized spacial score (nSPS) is 11.2. The van der Waals surface area contributed by atoms with E-state index in [-0.39, 0.29) is 15.7 Å². The molecule has 0 atom stereocenters. The fraction of sp³-hybridized carbons (Fsp3) is 0.133. The smallest absolute Gasteiger partial charge is 0.245 e. The Balaban J connectivity index is 2.29. The van der Waals surface area contributed by atoms with Crippen molar-refractivity contribution in [1.29, 1.82) is 0 Å². The fourth-order valence-corrected chi connectivity index (χ4v) is 3.44. The predicted octanol–water partition coefficient (Wildman–Crippen LogP) is 4.05. The maximum atomic E-state index is 12.2. The summed E-state index contributed by atoms with van der Waals surface area (Å²) in [7, 11) is -3.76. The number of rotatable bonds is 5. The van der Waals surface area contributed by atoms with Crippen LogP contribution in [0.25, 0.3) is 0 Å². The highest BCUT2D eigenvalue weighted by molar-refractivity contribution is 7.92. The Morgan fingerprint density at radius 3 is 2.29 bits per heavy atom. The molecule has 0 radical (unpaired) electrons. The lowest BCUT2D eigenvalue weighted by molar-refractivity contribution is -0.114. The number of hydrogen-bond acceptors (Lipinski definition) is 3. The zero-order valence-electron chi connectivity index (χ0n) is 12.5. The molecule has 0 aromatic heterocycles. The van der Waals surface area contributed by atoms with Crippen molar-refractivity contribution in [3.8, 4) is 0 Å². The number of hydrogen-bond donors (Lipinski definition) is 1. The third-order valence-electron chi connectivity index (χ3n) is 3.04. The molecule has 0 aliphatic rings. The zero-order valence-corrected chi connectivity index (χ0v) is 15.5. The molecule has 5 nitrogen and oxygen atoms in total. The third kappa shape index (κ3) is 4.54. The van der Waals surface area contributed by atoms with Crippen LogP contribution in [-0.4, -0.2) is 27.1 Å². The van der Waals surface area contributed by atoms with Crippen LogP contribution in [0.2, 0.25) is 15.1 Å². The molecule has 0 heterocycles. The van der Waals surface area contributed by atoms with E-state index in [0.29, 0.717) is 10.7 Å². The molecule has 0 aliphatic carbocycles.